The van der Waals surface area contributed by atoms with Crippen LogP contribution in [-0.4, -0.2) is 27.1 Å². The maximum absolute atomic E-state index is 10.7. The number of aromatic carboxylic acids is 1. The first-order chi connectivity index (χ1) is 7.02. The molecule has 15 heavy (non-hydrogen) atoms. The first kappa shape index (κ1) is 11.0. The van der Waals surface area contributed by atoms with Gasteiger partial charge in [0.2, 0.25) is 5.88 Å². The number of aryl methyl sites for hydroxylation is 1. The molecule has 0 aliphatic heterocycles. The van der Waals surface area contributed by atoms with Gasteiger partial charge >= 0.3 is 5.97 Å². The van der Waals surface area contributed by atoms with Gasteiger partial charge in [0.1, 0.15) is 5.82 Å². The maximum Gasteiger partial charge on any atom is 0.354 e. The van der Waals surface area contributed by atoms with E-state index in [1.165, 1.54) is 6.07 Å². The van der Waals surface area contributed by atoms with Crippen LogP contribution >= 0.6 is 0 Å². The summed E-state index contributed by atoms with van der Waals surface area (Å²) < 4.78 is 5.18. The molecule has 5 nitrogen and oxygen atoms in total. The number of terminal acetylenes is 1. The summed E-state index contributed by atoms with van der Waals surface area (Å²) in [6.45, 7) is 3.25. The van der Waals surface area contributed by atoms with E-state index in [4.69, 9.17) is 16.3 Å². The van der Waals surface area contributed by atoms with Gasteiger partial charge in [-0.25, -0.2) is 9.78 Å². The molecule has 0 amide bonds. The van der Waals surface area contributed by atoms with Gasteiger partial charge in [-0.15, -0.1) is 6.42 Å². The Morgan fingerprint density at radius 2 is 2.33 bits per heavy atom. The number of ether oxygens (including phenoxy) is 1. The van der Waals surface area contributed by atoms with Crippen molar-refractivity contribution in [1.82, 2.24) is 9.97 Å². The SMILES string of the molecule is C#CC(C)Oc1cc(C(=O)O)nc(C)n1. The summed E-state index contributed by atoms with van der Waals surface area (Å²) in [5.74, 6) is 1.72. The Kier molecular flexibility index (Phi) is 3.24. The number of hydrogen-bond acceptors (Lipinski definition) is 4. The molecule has 1 unspecified atom stereocenters. The van der Waals surface area contributed by atoms with E-state index in [0.29, 0.717) is 5.82 Å². The molecular weight excluding hydrogens is 196 g/mol. The molecule has 78 valence electrons. The summed E-state index contributed by atoms with van der Waals surface area (Å²) in [6, 6.07) is 1.24. The van der Waals surface area contributed by atoms with Gasteiger partial charge in [0, 0.05) is 6.07 Å². The van der Waals surface area contributed by atoms with Crippen LogP contribution in [0, 0.1) is 19.3 Å². The Hall–Kier alpha value is -2.09. The van der Waals surface area contributed by atoms with Crippen LogP contribution in [0.3, 0.4) is 0 Å². The first-order valence-electron chi connectivity index (χ1n) is 4.24. The number of hydrogen-bond donors (Lipinski definition) is 1. The van der Waals surface area contributed by atoms with E-state index in [0.717, 1.165) is 0 Å². The van der Waals surface area contributed by atoms with Gasteiger partial charge in [-0.05, 0) is 13.8 Å². The lowest BCUT2D eigenvalue weighted by Gasteiger charge is -2.08. The van der Waals surface area contributed by atoms with E-state index in [2.05, 4.69) is 15.9 Å². The van der Waals surface area contributed by atoms with E-state index >= 15 is 0 Å². The smallest absolute Gasteiger partial charge is 0.354 e. The van der Waals surface area contributed by atoms with E-state index < -0.39 is 12.1 Å². The van der Waals surface area contributed by atoms with E-state index in [9.17, 15) is 4.79 Å². The minimum atomic E-state index is -1.13. The van der Waals surface area contributed by atoms with Crippen molar-refractivity contribution in [2.45, 2.75) is 20.0 Å². The molecule has 0 bridgehead atoms. The summed E-state index contributed by atoms with van der Waals surface area (Å²) in [4.78, 5) is 18.3. The van der Waals surface area contributed by atoms with Crippen LogP contribution in [-0.2, 0) is 0 Å². The fraction of sp³-hybridized carbons (Fsp3) is 0.300. The quantitative estimate of drug-likeness (QED) is 0.743. The Bertz CT molecular complexity index is 423. The molecule has 1 atom stereocenters. The molecule has 0 saturated heterocycles. The second kappa shape index (κ2) is 4.42. The molecule has 0 aromatic carbocycles. The number of nitrogens with zero attached hydrogens (tertiary/aromatic N) is 2. The highest BCUT2D eigenvalue weighted by atomic mass is 16.5. The molecule has 1 heterocycles. The lowest BCUT2D eigenvalue weighted by molar-refractivity contribution is 0.0689. The molecule has 0 saturated carbocycles. The number of carbonyl (C=O) groups is 1. The van der Waals surface area contributed by atoms with Crippen LogP contribution in [0.1, 0.15) is 23.2 Å². The van der Waals surface area contributed by atoms with Gasteiger partial charge in [0.15, 0.2) is 11.8 Å². The number of carboxylic acids is 1. The van der Waals surface area contributed by atoms with Crippen LogP contribution in [0.2, 0.25) is 0 Å². The third-order valence-corrected chi connectivity index (χ3v) is 1.57. The maximum atomic E-state index is 10.7. The van der Waals surface area contributed by atoms with Gasteiger partial charge in [0.05, 0.1) is 0 Å². The minimum absolute atomic E-state index is 0.110. The number of aromatic nitrogens is 2. The topological polar surface area (TPSA) is 72.3 Å². The molecule has 1 N–H and O–H groups in total. The number of carboxylic acid groups (broad SMARTS) is 1. The van der Waals surface area contributed by atoms with Crippen LogP contribution in [0.5, 0.6) is 5.88 Å². The van der Waals surface area contributed by atoms with Gasteiger partial charge in [0.25, 0.3) is 0 Å². The molecule has 1 aromatic rings. The highest BCUT2D eigenvalue weighted by molar-refractivity contribution is 5.85. The predicted molar refractivity (Wildman–Crippen MR) is 52.7 cm³/mol. The van der Waals surface area contributed by atoms with E-state index in [1.807, 2.05) is 0 Å². The highest BCUT2D eigenvalue weighted by Crippen LogP contribution is 2.10. The molecule has 0 radical (unpaired) electrons. The van der Waals surface area contributed by atoms with E-state index in [-0.39, 0.29) is 11.6 Å². The highest BCUT2D eigenvalue weighted by Gasteiger charge is 2.10. The van der Waals surface area contributed by atoms with Gasteiger partial charge < -0.3 is 9.84 Å². The van der Waals surface area contributed by atoms with Crippen LogP contribution in [0.25, 0.3) is 0 Å². The van der Waals surface area contributed by atoms with E-state index in [1.54, 1.807) is 13.8 Å². The third-order valence-electron chi connectivity index (χ3n) is 1.57. The van der Waals surface area contributed by atoms with Crippen molar-refractivity contribution >= 4 is 5.97 Å². The fourth-order valence-corrected chi connectivity index (χ4v) is 0.925. The normalized spacial score (nSPS) is 11.5. The lowest BCUT2D eigenvalue weighted by Crippen LogP contribution is -2.12. The van der Waals surface area contributed by atoms with Crippen molar-refractivity contribution < 1.29 is 14.6 Å². The predicted octanol–water partition coefficient (Wildman–Crippen LogP) is 0.884. The van der Waals surface area contributed by atoms with Crippen LogP contribution < -0.4 is 4.74 Å². The molecule has 0 aliphatic carbocycles. The average Bonchev–Trinajstić information content (AvgIpc) is 2.16. The Morgan fingerprint density at radius 3 is 2.87 bits per heavy atom. The molecule has 0 aliphatic rings. The summed E-state index contributed by atoms with van der Waals surface area (Å²) >= 11 is 0. The number of rotatable bonds is 3. The molecule has 0 spiro atoms. The molecule has 1 rings (SSSR count). The average molecular weight is 206 g/mol. The molecule has 1 aromatic heterocycles. The minimum Gasteiger partial charge on any atom is -0.477 e. The van der Waals surface area contributed by atoms with Crippen molar-refractivity contribution in [3.63, 3.8) is 0 Å². The van der Waals surface area contributed by atoms with Gasteiger partial charge in [-0.2, -0.15) is 4.98 Å². The second-order valence-corrected chi connectivity index (χ2v) is 2.87. The lowest BCUT2D eigenvalue weighted by atomic mass is 10.4. The van der Waals surface area contributed by atoms with Crippen molar-refractivity contribution in [3.05, 3.63) is 17.6 Å². The van der Waals surface area contributed by atoms with Crippen LogP contribution in [0.15, 0.2) is 6.07 Å². The summed E-state index contributed by atoms with van der Waals surface area (Å²) in [7, 11) is 0. The Morgan fingerprint density at radius 1 is 1.67 bits per heavy atom. The zero-order chi connectivity index (χ0) is 11.4. The zero-order valence-electron chi connectivity index (χ0n) is 8.39. The van der Waals surface area contributed by atoms with Crippen LogP contribution in [0.4, 0.5) is 0 Å². The second-order valence-electron chi connectivity index (χ2n) is 2.87. The monoisotopic (exact) mass is 206 g/mol. The fourth-order valence-electron chi connectivity index (χ4n) is 0.925. The zero-order valence-corrected chi connectivity index (χ0v) is 8.39. The summed E-state index contributed by atoms with van der Waals surface area (Å²) in [5, 5.41) is 8.74. The van der Waals surface area contributed by atoms with Crippen molar-refractivity contribution in [3.8, 4) is 18.2 Å². The molecule has 5 heteroatoms. The van der Waals surface area contributed by atoms with Crippen molar-refractivity contribution in [2.75, 3.05) is 0 Å². The standard InChI is InChI=1S/C10H10N2O3/c1-4-6(2)15-9-5-8(10(13)14)11-7(3)12-9/h1,5-6H,2-3H3,(H,13,14). The third kappa shape index (κ3) is 2.95. The van der Waals surface area contributed by atoms with Gasteiger partial charge in [-0.1, -0.05) is 5.92 Å². The van der Waals surface area contributed by atoms with Crippen molar-refractivity contribution in [2.24, 2.45) is 0 Å². The summed E-state index contributed by atoms with van der Waals surface area (Å²) in [5.41, 5.74) is -0.110. The molecular formula is C10H10N2O3. The summed E-state index contributed by atoms with van der Waals surface area (Å²) in [6.07, 6.45) is 4.66. The Balaban J connectivity index is 3.00. The first-order valence-corrected chi connectivity index (χ1v) is 4.24. The van der Waals surface area contributed by atoms with Gasteiger partial charge in [-0.3, -0.25) is 0 Å². The Labute approximate surface area is 87.1 Å². The molecule has 0 fully saturated rings. The largest absolute Gasteiger partial charge is 0.477 e. The van der Waals surface area contributed by atoms with Crippen molar-refractivity contribution in [1.29, 1.82) is 0 Å².